The van der Waals surface area contributed by atoms with Crippen molar-refractivity contribution in [2.75, 3.05) is 71.7 Å². The Bertz CT molecular complexity index is 5570. The molecule has 0 saturated carbocycles. The van der Waals surface area contributed by atoms with Gasteiger partial charge in [-0.25, -0.2) is 0 Å². The lowest BCUT2D eigenvalue weighted by molar-refractivity contribution is 1.19. The lowest BCUT2D eigenvalue weighted by atomic mass is 9.32. The molecule has 6 heterocycles. The Morgan fingerprint density at radius 1 is 0.213 bits per heavy atom. The summed E-state index contributed by atoms with van der Waals surface area (Å²) in [6.45, 7) is 0.144. The molecule has 0 aliphatic carbocycles. The van der Waals surface area contributed by atoms with Gasteiger partial charge in [-0.3, -0.25) is 0 Å². The van der Waals surface area contributed by atoms with Gasteiger partial charge in [0.25, 0.3) is 20.1 Å². The third-order valence-electron chi connectivity index (χ3n) is 21.7. The molecule has 0 aromatic heterocycles. The molecule has 416 valence electrons. The van der Waals surface area contributed by atoms with Crippen LogP contribution in [0.15, 0.2) is 237 Å². The molecule has 14 aromatic rings. The summed E-state index contributed by atoms with van der Waals surface area (Å²) >= 11 is 0. The van der Waals surface area contributed by atoms with Crippen molar-refractivity contribution in [3.63, 3.8) is 0 Å². The Morgan fingerprint density at radius 2 is 0.640 bits per heavy atom. The van der Waals surface area contributed by atoms with Crippen LogP contribution in [0.2, 0.25) is 0 Å². The van der Waals surface area contributed by atoms with E-state index < -0.39 is 0 Å². The predicted octanol–water partition coefficient (Wildman–Crippen LogP) is 12.8. The number of nitrogens with zero attached hydrogens (tertiary/aromatic N) is 6. The summed E-state index contributed by atoms with van der Waals surface area (Å²) < 4.78 is 0. The number of rotatable bonds is 2. The summed E-state index contributed by atoms with van der Waals surface area (Å²) in [6.07, 6.45) is 0. The van der Waals surface area contributed by atoms with Crippen LogP contribution in [0.5, 0.6) is 0 Å². The van der Waals surface area contributed by atoms with Crippen molar-refractivity contribution in [2.24, 2.45) is 0 Å². The van der Waals surface area contributed by atoms with Crippen LogP contribution in [0.4, 0.5) is 68.2 Å². The Morgan fingerprint density at radius 3 is 1.28 bits per heavy atom. The van der Waals surface area contributed by atoms with Crippen molar-refractivity contribution in [3.8, 4) is 22.3 Å². The third kappa shape index (κ3) is 6.29. The fourth-order valence-electron chi connectivity index (χ4n) is 18.0. The number of benzene rings is 14. The number of hydrogen-bond donors (Lipinski definition) is 0. The molecule has 9 heteroatoms. The van der Waals surface area contributed by atoms with Crippen molar-refractivity contribution in [3.05, 3.63) is 237 Å². The molecule has 0 amide bonds. The maximum absolute atomic E-state index is 2.56. The molecule has 14 aromatic carbocycles. The zero-order valence-corrected chi connectivity index (χ0v) is 50.4. The maximum Gasteiger partial charge on any atom is 0.252 e. The second kappa shape index (κ2) is 17.5. The SMILES string of the molecule is CN1c2ccccc2B2c3ccccc3N(C)c3c2c1cc1cc(-c2cccc4c2B2c5ccc6ccccc6c5N(C)c5cc6cc(-c7cc8c(c9ccccc79)N(C)c7c9c(cc%10ccccc7%10)N(C)c7ccccc7B89)ccc6c(c52)N4C)ccc31. The summed E-state index contributed by atoms with van der Waals surface area (Å²) in [7, 11) is 13.7. The van der Waals surface area contributed by atoms with Crippen molar-refractivity contribution in [1.82, 2.24) is 0 Å². The maximum atomic E-state index is 2.56. The molecule has 89 heavy (non-hydrogen) atoms. The first-order valence-electron chi connectivity index (χ1n) is 31.4. The fraction of sp³-hybridized carbons (Fsp3) is 0.0750. The van der Waals surface area contributed by atoms with E-state index in [9.17, 15) is 0 Å². The van der Waals surface area contributed by atoms with Gasteiger partial charge in [0.15, 0.2) is 0 Å². The first-order valence-corrected chi connectivity index (χ1v) is 31.4. The highest BCUT2D eigenvalue weighted by atomic mass is 15.2. The zero-order valence-electron chi connectivity index (χ0n) is 50.4. The Hall–Kier alpha value is -10.6. The minimum Gasteiger partial charge on any atom is -0.345 e. The first kappa shape index (κ1) is 49.5. The van der Waals surface area contributed by atoms with E-state index in [1.165, 1.54) is 194 Å². The van der Waals surface area contributed by atoms with E-state index >= 15 is 0 Å². The predicted molar refractivity (Wildman–Crippen MR) is 386 cm³/mol. The third-order valence-corrected chi connectivity index (χ3v) is 21.7. The van der Waals surface area contributed by atoms with Crippen LogP contribution in [-0.4, -0.2) is 62.4 Å². The minimum absolute atomic E-state index is 0.0439. The van der Waals surface area contributed by atoms with Crippen LogP contribution in [0, 0.1) is 0 Å². The molecule has 6 nitrogen and oxygen atoms in total. The number of anilines is 12. The van der Waals surface area contributed by atoms with E-state index in [0.29, 0.717) is 0 Å². The zero-order chi connectivity index (χ0) is 59.0. The Balaban J connectivity index is 0.789. The molecule has 6 aliphatic rings. The van der Waals surface area contributed by atoms with E-state index in [1.54, 1.807) is 0 Å². The molecule has 0 radical (unpaired) electrons. The smallest absolute Gasteiger partial charge is 0.252 e. The van der Waals surface area contributed by atoms with E-state index in [4.69, 9.17) is 0 Å². The van der Waals surface area contributed by atoms with Gasteiger partial charge in [-0.1, -0.05) is 182 Å². The number of hydrogen-bond acceptors (Lipinski definition) is 6. The summed E-state index contributed by atoms with van der Waals surface area (Å²) in [4.78, 5) is 14.9. The van der Waals surface area contributed by atoms with Crippen molar-refractivity contribution in [2.45, 2.75) is 0 Å². The molecule has 0 saturated heterocycles. The topological polar surface area (TPSA) is 19.4 Å². The van der Waals surface area contributed by atoms with Gasteiger partial charge >= 0.3 is 0 Å². The van der Waals surface area contributed by atoms with Gasteiger partial charge in [0.05, 0.1) is 0 Å². The average molecular weight is 1130 g/mol. The van der Waals surface area contributed by atoms with Gasteiger partial charge in [-0.05, 0) is 153 Å². The summed E-state index contributed by atoms with van der Waals surface area (Å²) in [5.41, 5.74) is 32.4. The largest absolute Gasteiger partial charge is 0.345 e. The van der Waals surface area contributed by atoms with Crippen LogP contribution >= 0.6 is 0 Å². The summed E-state index contributed by atoms with van der Waals surface area (Å²) in [5.74, 6) is 0. The van der Waals surface area contributed by atoms with Crippen LogP contribution in [0.1, 0.15) is 0 Å². The minimum atomic E-state index is -0.0439. The Labute approximate surface area is 518 Å². The van der Waals surface area contributed by atoms with Gasteiger partial charge in [0, 0.05) is 137 Å². The molecular formula is C80H57B3N6. The van der Waals surface area contributed by atoms with Gasteiger partial charge < -0.3 is 29.4 Å². The molecule has 0 unspecified atom stereocenters. The molecule has 0 bridgehead atoms. The molecule has 0 N–H and O–H groups in total. The highest BCUT2D eigenvalue weighted by Crippen LogP contribution is 2.49. The Kier molecular flexibility index (Phi) is 9.76. The normalized spacial score (nSPS) is 14.4. The summed E-state index contributed by atoms with van der Waals surface area (Å²) in [5, 5.41) is 12.6. The molecule has 0 atom stereocenters. The van der Waals surface area contributed by atoms with Crippen LogP contribution in [-0.2, 0) is 0 Å². The molecule has 0 fully saturated rings. The van der Waals surface area contributed by atoms with Gasteiger partial charge in [-0.15, -0.1) is 0 Å². The van der Waals surface area contributed by atoms with E-state index in [-0.39, 0.29) is 20.1 Å². The van der Waals surface area contributed by atoms with Crippen molar-refractivity contribution < 1.29 is 0 Å². The lowest BCUT2D eigenvalue weighted by Crippen LogP contribution is -2.62. The molecular weight excluding hydrogens is 1080 g/mol. The van der Waals surface area contributed by atoms with Gasteiger partial charge in [-0.2, -0.15) is 0 Å². The fourth-order valence-corrected chi connectivity index (χ4v) is 18.0. The van der Waals surface area contributed by atoms with E-state index in [2.05, 4.69) is 308 Å². The summed E-state index contributed by atoms with van der Waals surface area (Å²) in [6, 6.07) is 90.7. The molecule has 20 rings (SSSR count). The molecule has 6 aliphatic heterocycles. The van der Waals surface area contributed by atoms with Gasteiger partial charge in [0.1, 0.15) is 0 Å². The highest BCUT2D eigenvalue weighted by molar-refractivity contribution is 7.02. The quantitative estimate of drug-likeness (QED) is 0.160. The van der Waals surface area contributed by atoms with Gasteiger partial charge in [0.2, 0.25) is 0 Å². The van der Waals surface area contributed by atoms with Crippen molar-refractivity contribution >= 4 is 191 Å². The van der Waals surface area contributed by atoms with E-state index in [1.807, 2.05) is 0 Å². The monoisotopic (exact) mass is 1130 g/mol. The lowest BCUT2D eigenvalue weighted by Gasteiger charge is -2.44. The number of para-hydroxylation sites is 3. The van der Waals surface area contributed by atoms with Crippen LogP contribution in [0.25, 0.3) is 76.1 Å². The second-order valence-corrected chi connectivity index (χ2v) is 25.8. The van der Waals surface area contributed by atoms with Crippen LogP contribution in [0.3, 0.4) is 0 Å². The second-order valence-electron chi connectivity index (χ2n) is 25.8. The number of fused-ring (bicyclic) bond motifs is 22. The molecule has 0 spiro atoms. The standard InChI is InChI=1S/C80H57B3N6/c1-84-66-31-17-14-28-61(66)82-64-45-59(57-24-11-12-25-58(57)77(64)89(6)80-54-23-10-8-21-47(54)42-69(84)74(80)82)49-35-38-56-51(41-49)44-71-75-79(56)87(4)68-33-19-26-52(72(68)83(75)63-39-36-46-20-7-9-22-53(46)76(63)88(71)5)48-34-37-55-50(40-48)43-70-73-78(55)86(3)67-32-18-15-29-62(67)81(73)60-27-13-16-30-65(60)85(70)2/h7-45H,1-6H3. The van der Waals surface area contributed by atoms with E-state index in [0.717, 1.165) is 0 Å². The average Bonchev–Trinajstić information content (AvgIpc) is 0.727. The van der Waals surface area contributed by atoms with Crippen molar-refractivity contribution in [1.29, 1.82) is 0 Å². The highest BCUT2D eigenvalue weighted by Gasteiger charge is 2.47. The van der Waals surface area contributed by atoms with Crippen LogP contribution < -0.4 is 78.6 Å². The first-order chi connectivity index (χ1) is 43.7.